The second-order valence-corrected chi connectivity index (χ2v) is 8.22. The molecule has 1 aromatic rings. The molecular formula is C16H22O4S. The van der Waals surface area contributed by atoms with Crippen molar-refractivity contribution in [3.8, 4) is 5.75 Å². The van der Waals surface area contributed by atoms with Crippen LogP contribution in [0.15, 0.2) is 18.2 Å². The molecule has 5 heteroatoms. The lowest BCUT2D eigenvalue weighted by molar-refractivity contribution is 0.101. The monoisotopic (exact) mass is 310 g/mol. The highest BCUT2D eigenvalue weighted by atomic mass is 32.2. The van der Waals surface area contributed by atoms with Crippen LogP contribution in [0.1, 0.15) is 48.5 Å². The molecule has 0 saturated heterocycles. The topological polar surface area (TPSA) is 60.4 Å². The molecule has 1 fully saturated rings. The van der Waals surface area contributed by atoms with Gasteiger partial charge in [-0.05, 0) is 56.9 Å². The Hall–Kier alpha value is -1.36. The molecule has 0 heterocycles. The van der Waals surface area contributed by atoms with Gasteiger partial charge in [0.2, 0.25) is 0 Å². The summed E-state index contributed by atoms with van der Waals surface area (Å²) in [5, 5.41) is -0.298. The number of benzene rings is 1. The van der Waals surface area contributed by atoms with Crippen molar-refractivity contribution in [3.05, 3.63) is 29.3 Å². The van der Waals surface area contributed by atoms with E-state index in [0.29, 0.717) is 12.0 Å². The third-order valence-electron chi connectivity index (χ3n) is 4.06. The van der Waals surface area contributed by atoms with Crippen molar-refractivity contribution in [1.82, 2.24) is 0 Å². The maximum absolute atomic E-state index is 11.7. The number of sulfone groups is 1. The van der Waals surface area contributed by atoms with Gasteiger partial charge in [-0.1, -0.05) is 0 Å². The van der Waals surface area contributed by atoms with Gasteiger partial charge in [-0.2, -0.15) is 0 Å². The molecule has 0 radical (unpaired) electrons. The number of carbonyl (C=O) groups is 1. The fourth-order valence-corrected chi connectivity index (χ4v) is 3.94. The molecule has 116 valence electrons. The van der Waals surface area contributed by atoms with Crippen LogP contribution in [-0.4, -0.2) is 31.8 Å². The van der Waals surface area contributed by atoms with E-state index in [-0.39, 0.29) is 17.1 Å². The first-order valence-corrected chi connectivity index (χ1v) is 9.20. The van der Waals surface area contributed by atoms with Crippen molar-refractivity contribution in [2.45, 2.75) is 50.9 Å². The molecule has 0 aliphatic heterocycles. The van der Waals surface area contributed by atoms with Gasteiger partial charge in [0.05, 0.1) is 11.4 Å². The molecule has 0 amide bonds. The van der Waals surface area contributed by atoms with Gasteiger partial charge in [-0.15, -0.1) is 0 Å². The summed E-state index contributed by atoms with van der Waals surface area (Å²) in [7, 11) is -3.00. The number of hydrogen-bond donors (Lipinski definition) is 0. The van der Waals surface area contributed by atoms with Crippen LogP contribution < -0.4 is 4.74 Å². The largest absolute Gasteiger partial charge is 0.490 e. The molecule has 4 nitrogen and oxygen atoms in total. The zero-order chi connectivity index (χ0) is 15.6. The Labute approximate surface area is 126 Å². The highest BCUT2D eigenvalue weighted by Gasteiger charge is 2.30. The average molecular weight is 310 g/mol. The van der Waals surface area contributed by atoms with E-state index in [2.05, 4.69) is 0 Å². The van der Waals surface area contributed by atoms with Gasteiger partial charge < -0.3 is 4.74 Å². The molecule has 2 unspecified atom stereocenters. The van der Waals surface area contributed by atoms with Gasteiger partial charge in [0, 0.05) is 18.2 Å². The lowest BCUT2D eigenvalue weighted by Crippen LogP contribution is -2.33. The summed E-state index contributed by atoms with van der Waals surface area (Å²) in [6.07, 6.45) is 4.24. The lowest BCUT2D eigenvalue weighted by atomic mass is 9.97. The Balaban J connectivity index is 2.09. The van der Waals surface area contributed by atoms with Crippen molar-refractivity contribution in [2.75, 3.05) is 6.26 Å². The van der Waals surface area contributed by atoms with Crippen LogP contribution in [0, 0.1) is 6.92 Å². The number of carbonyl (C=O) groups excluding carboxylic acids is 1. The summed E-state index contributed by atoms with van der Waals surface area (Å²) in [4.78, 5) is 11.3. The first-order chi connectivity index (χ1) is 9.77. The van der Waals surface area contributed by atoms with Crippen LogP contribution in [0.2, 0.25) is 0 Å². The smallest absolute Gasteiger partial charge is 0.159 e. The Morgan fingerprint density at radius 1 is 1.29 bits per heavy atom. The quantitative estimate of drug-likeness (QED) is 0.802. The first-order valence-electron chi connectivity index (χ1n) is 7.24. The predicted molar refractivity (Wildman–Crippen MR) is 82.7 cm³/mol. The third-order valence-corrected chi connectivity index (χ3v) is 5.70. The molecular weight excluding hydrogens is 288 g/mol. The van der Waals surface area contributed by atoms with E-state index in [1.807, 2.05) is 13.0 Å². The summed E-state index contributed by atoms with van der Waals surface area (Å²) in [6.45, 7) is 3.44. The predicted octanol–water partition coefficient (Wildman–Crippen LogP) is 2.93. The number of ether oxygens (including phenoxy) is 1. The highest BCUT2D eigenvalue weighted by Crippen LogP contribution is 2.29. The normalized spacial score (nSPS) is 22.8. The van der Waals surface area contributed by atoms with Gasteiger partial charge >= 0.3 is 0 Å². The summed E-state index contributed by atoms with van der Waals surface area (Å²) in [5.41, 5.74) is 1.57. The summed E-state index contributed by atoms with van der Waals surface area (Å²) < 4.78 is 29.3. The Morgan fingerprint density at radius 3 is 2.57 bits per heavy atom. The molecule has 2 atom stereocenters. The SMILES string of the molecule is CC(=O)c1ccc(OC2CCCC(S(C)(=O)=O)C2)c(C)c1. The molecule has 0 spiro atoms. The van der Waals surface area contributed by atoms with Gasteiger partial charge in [0.1, 0.15) is 15.6 Å². The molecule has 0 bridgehead atoms. The van der Waals surface area contributed by atoms with Crippen LogP contribution in [-0.2, 0) is 9.84 Å². The number of Topliss-reactive ketones (excluding diaryl/α,β-unsaturated/α-hetero) is 1. The van der Waals surface area contributed by atoms with Gasteiger partial charge in [0.15, 0.2) is 5.78 Å². The summed E-state index contributed by atoms with van der Waals surface area (Å²) >= 11 is 0. The molecule has 0 N–H and O–H groups in total. The number of ketones is 1. The molecule has 21 heavy (non-hydrogen) atoms. The zero-order valence-electron chi connectivity index (χ0n) is 12.8. The fourth-order valence-electron chi connectivity index (χ4n) is 2.78. The Bertz CT molecular complexity index is 634. The van der Waals surface area contributed by atoms with Crippen LogP contribution in [0.5, 0.6) is 5.75 Å². The lowest BCUT2D eigenvalue weighted by Gasteiger charge is -2.29. The van der Waals surface area contributed by atoms with E-state index in [4.69, 9.17) is 4.74 Å². The third kappa shape index (κ3) is 4.06. The first kappa shape index (κ1) is 16.0. The molecule has 1 aromatic carbocycles. The summed E-state index contributed by atoms with van der Waals surface area (Å²) in [6, 6.07) is 5.37. The van der Waals surface area contributed by atoms with E-state index in [9.17, 15) is 13.2 Å². The highest BCUT2D eigenvalue weighted by molar-refractivity contribution is 7.91. The second-order valence-electron chi connectivity index (χ2n) is 5.89. The van der Waals surface area contributed by atoms with Crippen LogP contribution in [0.3, 0.4) is 0 Å². The minimum atomic E-state index is -3.00. The van der Waals surface area contributed by atoms with Crippen molar-refractivity contribution in [2.24, 2.45) is 0 Å². The van der Waals surface area contributed by atoms with E-state index in [1.165, 1.54) is 13.2 Å². The molecule has 1 aliphatic carbocycles. The molecule has 1 saturated carbocycles. The zero-order valence-corrected chi connectivity index (χ0v) is 13.6. The Morgan fingerprint density at radius 2 is 2.00 bits per heavy atom. The maximum Gasteiger partial charge on any atom is 0.159 e. The number of aryl methyl sites for hydroxylation is 1. The molecule has 0 aromatic heterocycles. The second kappa shape index (κ2) is 6.18. The van der Waals surface area contributed by atoms with Crippen LogP contribution >= 0.6 is 0 Å². The molecule has 1 aliphatic rings. The fraction of sp³-hybridized carbons (Fsp3) is 0.562. The van der Waals surface area contributed by atoms with E-state index in [1.54, 1.807) is 12.1 Å². The van der Waals surface area contributed by atoms with Crippen molar-refractivity contribution < 1.29 is 17.9 Å². The minimum absolute atomic E-state index is 0.0273. The summed E-state index contributed by atoms with van der Waals surface area (Å²) in [5.74, 6) is 0.763. The van der Waals surface area contributed by atoms with E-state index in [0.717, 1.165) is 30.6 Å². The standard InChI is InChI=1S/C16H22O4S/c1-11-9-13(12(2)17)7-8-16(11)20-14-5-4-6-15(10-14)21(3,18)19/h7-9,14-15H,4-6,10H2,1-3H3. The van der Waals surface area contributed by atoms with Gasteiger partial charge in [-0.3, -0.25) is 4.79 Å². The van der Waals surface area contributed by atoms with Crippen molar-refractivity contribution in [1.29, 1.82) is 0 Å². The minimum Gasteiger partial charge on any atom is -0.490 e. The number of rotatable bonds is 4. The van der Waals surface area contributed by atoms with Crippen LogP contribution in [0.25, 0.3) is 0 Å². The maximum atomic E-state index is 11.7. The van der Waals surface area contributed by atoms with Crippen molar-refractivity contribution >= 4 is 15.6 Å². The van der Waals surface area contributed by atoms with Crippen molar-refractivity contribution in [3.63, 3.8) is 0 Å². The van der Waals surface area contributed by atoms with Gasteiger partial charge in [0.25, 0.3) is 0 Å². The Kier molecular flexibility index (Phi) is 4.71. The van der Waals surface area contributed by atoms with E-state index >= 15 is 0 Å². The number of hydrogen-bond acceptors (Lipinski definition) is 4. The average Bonchev–Trinajstić information content (AvgIpc) is 2.40. The molecule has 2 rings (SSSR count). The van der Waals surface area contributed by atoms with E-state index < -0.39 is 9.84 Å². The van der Waals surface area contributed by atoms with Gasteiger partial charge in [-0.25, -0.2) is 8.42 Å². The van der Waals surface area contributed by atoms with Crippen LogP contribution in [0.4, 0.5) is 0 Å².